The van der Waals surface area contributed by atoms with Gasteiger partial charge < -0.3 is 4.90 Å². The number of rotatable bonds is 0. The van der Waals surface area contributed by atoms with Crippen LogP contribution in [0.3, 0.4) is 0 Å². The number of hydrogen-bond donors (Lipinski definition) is 1. The minimum Gasteiger partial charge on any atom is -0.351 e. The highest BCUT2D eigenvalue weighted by atomic mass is 16.2. The highest BCUT2D eigenvalue weighted by Gasteiger charge is 2.25. The summed E-state index contributed by atoms with van der Waals surface area (Å²) in [6, 6.07) is 0.0789. The maximum Gasteiger partial charge on any atom is 0.329 e. The van der Waals surface area contributed by atoms with Gasteiger partial charge in [-0.15, -0.1) is 0 Å². The molecule has 0 radical (unpaired) electrons. The third-order valence-electron chi connectivity index (χ3n) is 3.09. The monoisotopic (exact) mass is 222 g/mol. The van der Waals surface area contributed by atoms with E-state index in [1.165, 1.54) is 7.05 Å². The standard InChI is InChI=1S/C10H14N4O2/c1-5-6(2)13(3)8-7(11-5)9(15)14(4)10(16)12-8/h6H,1-4H3,(H,12,16). The molecule has 6 heteroatoms. The molecule has 1 aliphatic rings. The van der Waals surface area contributed by atoms with Crippen LogP contribution in [0.15, 0.2) is 14.6 Å². The summed E-state index contributed by atoms with van der Waals surface area (Å²) in [6.45, 7) is 3.84. The van der Waals surface area contributed by atoms with Gasteiger partial charge >= 0.3 is 5.69 Å². The molecule has 86 valence electrons. The predicted octanol–water partition coefficient (Wildman–Crippen LogP) is 0.00430. The zero-order valence-corrected chi connectivity index (χ0v) is 9.74. The van der Waals surface area contributed by atoms with Crippen LogP contribution in [0.2, 0.25) is 0 Å². The van der Waals surface area contributed by atoms with E-state index in [-0.39, 0.29) is 11.6 Å². The molecule has 1 aromatic heterocycles. The second kappa shape index (κ2) is 3.33. The Morgan fingerprint density at radius 2 is 1.94 bits per heavy atom. The first-order valence-electron chi connectivity index (χ1n) is 5.04. The van der Waals surface area contributed by atoms with Crippen molar-refractivity contribution in [1.82, 2.24) is 9.55 Å². The third-order valence-corrected chi connectivity index (χ3v) is 3.09. The van der Waals surface area contributed by atoms with Crippen LogP contribution in [0.25, 0.3) is 0 Å². The van der Waals surface area contributed by atoms with E-state index in [0.29, 0.717) is 11.5 Å². The fraction of sp³-hybridized carbons (Fsp3) is 0.500. The number of H-pyrrole nitrogens is 1. The Hall–Kier alpha value is -1.85. The van der Waals surface area contributed by atoms with Crippen molar-refractivity contribution in [3.8, 4) is 0 Å². The number of anilines is 1. The van der Waals surface area contributed by atoms with E-state index in [4.69, 9.17) is 0 Å². The lowest BCUT2D eigenvalue weighted by Crippen LogP contribution is -2.43. The summed E-state index contributed by atoms with van der Waals surface area (Å²) < 4.78 is 1.03. The van der Waals surface area contributed by atoms with Gasteiger partial charge in [0.25, 0.3) is 5.56 Å². The van der Waals surface area contributed by atoms with Gasteiger partial charge in [-0.05, 0) is 13.8 Å². The zero-order chi connectivity index (χ0) is 12.0. The maximum absolute atomic E-state index is 11.8. The first kappa shape index (κ1) is 10.7. The van der Waals surface area contributed by atoms with E-state index >= 15 is 0 Å². The molecule has 0 amide bonds. The van der Waals surface area contributed by atoms with Crippen LogP contribution in [0.5, 0.6) is 0 Å². The highest BCUT2D eigenvalue weighted by Crippen LogP contribution is 2.26. The molecular formula is C10H14N4O2. The number of nitrogens with one attached hydrogen (secondary N) is 1. The predicted molar refractivity (Wildman–Crippen MR) is 62.9 cm³/mol. The van der Waals surface area contributed by atoms with E-state index in [1.807, 2.05) is 25.8 Å². The van der Waals surface area contributed by atoms with Crippen LogP contribution in [0, 0.1) is 0 Å². The van der Waals surface area contributed by atoms with Crippen molar-refractivity contribution in [2.24, 2.45) is 12.0 Å². The van der Waals surface area contributed by atoms with E-state index < -0.39 is 5.69 Å². The Morgan fingerprint density at radius 3 is 2.56 bits per heavy atom. The van der Waals surface area contributed by atoms with Gasteiger partial charge in [0, 0.05) is 19.8 Å². The molecule has 0 saturated carbocycles. The summed E-state index contributed by atoms with van der Waals surface area (Å²) in [7, 11) is 3.27. The first-order valence-corrected chi connectivity index (χ1v) is 5.04. The second-order valence-corrected chi connectivity index (χ2v) is 4.03. The Morgan fingerprint density at radius 1 is 1.31 bits per heavy atom. The quantitative estimate of drug-likeness (QED) is 0.672. The van der Waals surface area contributed by atoms with Crippen molar-refractivity contribution >= 4 is 17.2 Å². The molecule has 1 unspecified atom stereocenters. The van der Waals surface area contributed by atoms with Crippen molar-refractivity contribution in [1.29, 1.82) is 0 Å². The summed E-state index contributed by atoms with van der Waals surface area (Å²) in [4.78, 5) is 32.1. The zero-order valence-electron chi connectivity index (χ0n) is 9.74. The SMILES string of the molecule is CC1=Nc2c([nH]c(=O)n(C)c2=O)N(C)C1C. The van der Waals surface area contributed by atoms with Gasteiger partial charge in [0.1, 0.15) is 5.82 Å². The van der Waals surface area contributed by atoms with Gasteiger partial charge in [-0.1, -0.05) is 0 Å². The fourth-order valence-corrected chi connectivity index (χ4v) is 1.70. The van der Waals surface area contributed by atoms with Crippen molar-refractivity contribution in [2.45, 2.75) is 19.9 Å². The molecule has 1 aliphatic heterocycles. The highest BCUT2D eigenvalue weighted by molar-refractivity contribution is 5.95. The molecule has 0 aromatic carbocycles. The Labute approximate surface area is 92.2 Å². The fourth-order valence-electron chi connectivity index (χ4n) is 1.70. The van der Waals surface area contributed by atoms with E-state index in [0.717, 1.165) is 10.3 Å². The second-order valence-electron chi connectivity index (χ2n) is 4.03. The van der Waals surface area contributed by atoms with Crippen LogP contribution < -0.4 is 16.1 Å². The molecule has 2 heterocycles. The number of aromatic nitrogens is 2. The normalized spacial score (nSPS) is 19.4. The van der Waals surface area contributed by atoms with Crippen molar-refractivity contribution in [3.63, 3.8) is 0 Å². The lowest BCUT2D eigenvalue weighted by Gasteiger charge is -2.30. The average molecular weight is 222 g/mol. The summed E-state index contributed by atoms with van der Waals surface area (Å²) in [5.41, 5.74) is 0.383. The molecule has 0 aliphatic carbocycles. The van der Waals surface area contributed by atoms with Crippen LogP contribution >= 0.6 is 0 Å². The Balaban J connectivity index is 2.83. The van der Waals surface area contributed by atoms with Crippen LogP contribution in [0.1, 0.15) is 13.8 Å². The average Bonchev–Trinajstić information content (AvgIpc) is 2.25. The van der Waals surface area contributed by atoms with Crippen LogP contribution in [0.4, 0.5) is 11.5 Å². The number of aromatic amines is 1. The van der Waals surface area contributed by atoms with Gasteiger partial charge in [0.2, 0.25) is 0 Å². The maximum atomic E-state index is 11.8. The van der Waals surface area contributed by atoms with Crippen LogP contribution in [-0.4, -0.2) is 28.4 Å². The molecule has 1 atom stereocenters. The molecule has 0 spiro atoms. The van der Waals surface area contributed by atoms with E-state index in [9.17, 15) is 9.59 Å². The Bertz CT molecular complexity index is 581. The van der Waals surface area contributed by atoms with Crippen LogP contribution in [-0.2, 0) is 7.05 Å². The summed E-state index contributed by atoms with van der Waals surface area (Å²) in [6.07, 6.45) is 0. The molecular weight excluding hydrogens is 208 g/mol. The van der Waals surface area contributed by atoms with Gasteiger partial charge in [-0.2, -0.15) is 0 Å². The molecule has 0 saturated heterocycles. The summed E-state index contributed by atoms with van der Waals surface area (Å²) >= 11 is 0. The van der Waals surface area contributed by atoms with E-state index in [2.05, 4.69) is 9.98 Å². The van der Waals surface area contributed by atoms with E-state index in [1.54, 1.807) is 0 Å². The summed E-state index contributed by atoms with van der Waals surface area (Å²) in [5, 5.41) is 0. The lowest BCUT2D eigenvalue weighted by atomic mass is 10.1. The number of fused-ring (bicyclic) bond motifs is 1. The number of aliphatic imine (C=N–C) groups is 1. The summed E-state index contributed by atoms with van der Waals surface area (Å²) in [5.74, 6) is 0.492. The molecule has 2 rings (SSSR count). The smallest absolute Gasteiger partial charge is 0.329 e. The first-order chi connectivity index (χ1) is 7.43. The molecule has 6 nitrogen and oxygen atoms in total. The number of nitrogens with zero attached hydrogens (tertiary/aromatic N) is 3. The van der Waals surface area contributed by atoms with Crippen molar-refractivity contribution < 1.29 is 0 Å². The lowest BCUT2D eigenvalue weighted by molar-refractivity contribution is 0.743. The largest absolute Gasteiger partial charge is 0.351 e. The number of hydrogen-bond acceptors (Lipinski definition) is 4. The minimum absolute atomic E-state index is 0.0789. The van der Waals surface area contributed by atoms with Gasteiger partial charge in [-0.3, -0.25) is 14.3 Å². The molecule has 1 N–H and O–H groups in total. The minimum atomic E-state index is -0.419. The molecule has 0 fully saturated rings. The molecule has 16 heavy (non-hydrogen) atoms. The Kier molecular flexibility index (Phi) is 2.22. The van der Waals surface area contributed by atoms with Crippen molar-refractivity contribution in [2.75, 3.05) is 11.9 Å². The van der Waals surface area contributed by atoms with Gasteiger partial charge in [0.15, 0.2) is 5.69 Å². The van der Waals surface area contributed by atoms with Crippen molar-refractivity contribution in [3.05, 3.63) is 20.8 Å². The third kappa shape index (κ3) is 1.30. The molecule has 1 aromatic rings. The van der Waals surface area contributed by atoms with Gasteiger partial charge in [0.05, 0.1) is 6.04 Å². The molecule has 0 bridgehead atoms. The topological polar surface area (TPSA) is 70.5 Å². The van der Waals surface area contributed by atoms with Gasteiger partial charge in [-0.25, -0.2) is 9.79 Å².